The van der Waals surface area contributed by atoms with E-state index in [9.17, 15) is 4.79 Å². The zero-order chi connectivity index (χ0) is 22.5. The summed E-state index contributed by atoms with van der Waals surface area (Å²) in [6, 6.07) is 15.4. The lowest BCUT2D eigenvalue weighted by Crippen LogP contribution is -2.29. The first-order valence-corrected chi connectivity index (χ1v) is 10.8. The molecule has 0 saturated heterocycles. The molecule has 32 heavy (non-hydrogen) atoms. The van der Waals surface area contributed by atoms with Crippen LogP contribution in [0.15, 0.2) is 59.8 Å². The maximum absolute atomic E-state index is 13.0. The summed E-state index contributed by atoms with van der Waals surface area (Å²) < 4.78 is 13.2. The lowest BCUT2D eigenvalue weighted by atomic mass is 9.95. The van der Waals surface area contributed by atoms with Gasteiger partial charge in [0.1, 0.15) is 18.4 Å². The monoisotopic (exact) mass is 433 g/mol. The number of benzene rings is 2. The van der Waals surface area contributed by atoms with Gasteiger partial charge in [0.15, 0.2) is 0 Å². The summed E-state index contributed by atoms with van der Waals surface area (Å²) in [4.78, 5) is 13.0. The fourth-order valence-corrected chi connectivity index (χ4v) is 3.60. The van der Waals surface area contributed by atoms with E-state index in [2.05, 4.69) is 59.0 Å². The zero-order valence-corrected chi connectivity index (χ0v) is 18.5. The van der Waals surface area contributed by atoms with Crippen LogP contribution in [0.3, 0.4) is 0 Å². The van der Waals surface area contributed by atoms with E-state index < -0.39 is 6.04 Å². The van der Waals surface area contributed by atoms with Crippen molar-refractivity contribution in [1.29, 1.82) is 0 Å². The van der Waals surface area contributed by atoms with E-state index in [1.165, 1.54) is 5.56 Å². The van der Waals surface area contributed by atoms with Crippen LogP contribution >= 0.6 is 0 Å². The van der Waals surface area contributed by atoms with Gasteiger partial charge in [-0.1, -0.05) is 60.4 Å². The largest absolute Gasteiger partial charge is 0.489 e. The highest BCUT2D eigenvalue weighted by Gasteiger charge is 2.35. The molecular formula is C24H27N5O3. The number of aryl methyl sites for hydroxylation is 1. The molecule has 1 atom stereocenters. The van der Waals surface area contributed by atoms with Gasteiger partial charge in [-0.05, 0) is 54.0 Å². The average molecular weight is 434 g/mol. The number of tetrazole rings is 1. The summed E-state index contributed by atoms with van der Waals surface area (Å²) in [7, 11) is 0. The predicted molar refractivity (Wildman–Crippen MR) is 120 cm³/mol. The Morgan fingerprint density at radius 2 is 1.97 bits per heavy atom. The highest BCUT2D eigenvalue weighted by Crippen LogP contribution is 2.36. The van der Waals surface area contributed by atoms with E-state index in [4.69, 9.17) is 9.47 Å². The first-order valence-electron chi connectivity index (χ1n) is 10.8. The van der Waals surface area contributed by atoms with Gasteiger partial charge in [-0.25, -0.2) is 4.79 Å². The van der Waals surface area contributed by atoms with Crippen LogP contribution in [-0.2, 0) is 16.1 Å². The number of rotatable bonds is 8. The van der Waals surface area contributed by atoms with Crippen molar-refractivity contribution >= 4 is 11.9 Å². The number of nitrogens with one attached hydrogen (secondary N) is 1. The second-order valence-corrected chi connectivity index (χ2v) is 7.85. The number of hydrogen-bond acceptors (Lipinski definition) is 7. The van der Waals surface area contributed by atoms with Crippen molar-refractivity contribution in [3.05, 3.63) is 76.5 Å². The molecule has 0 saturated carbocycles. The van der Waals surface area contributed by atoms with Crippen LogP contribution in [0.5, 0.6) is 5.75 Å². The van der Waals surface area contributed by atoms with Gasteiger partial charge in [-0.2, -0.15) is 4.68 Å². The van der Waals surface area contributed by atoms with Crippen LogP contribution in [0.2, 0.25) is 0 Å². The molecule has 0 radical (unpaired) electrons. The number of nitrogens with zero attached hydrogens (tertiary/aromatic N) is 4. The Balaban J connectivity index is 1.61. The van der Waals surface area contributed by atoms with Gasteiger partial charge in [0, 0.05) is 5.70 Å². The van der Waals surface area contributed by atoms with Crippen molar-refractivity contribution in [1.82, 2.24) is 20.2 Å². The van der Waals surface area contributed by atoms with Crippen molar-refractivity contribution in [3.63, 3.8) is 0 Å². The molecule has 0 bridgehead atoms. The third-order valence-electron chi connectivity index (χ3n) is 5.37. The van der Waals surface area contributed by atoms with E-state index >= 15 is 0 Å². The maximum atomic E-state index is 13.0. The molecule has 0 fully saturated rings. The van der Waals surface area contributed by atoms with Gasteiger partial charge in [0.05, 0.1) is 12.2 Å². The summed E-state index contributed by atoms with van der Waals surface area (Å²) >= 11 is 0. The number of aromatic nitrogens is 4. The molecular weight excluding hydrogens is 406 g/mol. The number of carbonyl (C=O) groups is 1. The highest BCUT2D eigenvalue weighted by atomic mass is 16.5. The number of anilines is 1. The van der Waals surface area contributed by atoms with Gasteiger partial charge in [0.25, 0.3) is 0 Å². The zero-order valence-electron chi connectivity index (χ0n) is 18.5. The second-order valence-electron chi connectivity index (χ2n) is 7.85. The Hall–Kier alpha value is -3.68. The van der Waals surface area contributed by atoms with E-state index in [1.807, 2.05) is 31.2 Å². The molecule has 2 aromatic carbocycles. The van der Waals surface area contributed by atoms with Gasteiger partial charge in [-0.3, -0.25) is 0 Å². The summed E-state index contributed by atoms with van der Waals surface area (Å²) in [5, 5.41) is 15.0. The smallest absolute Gasteiger partial charge is 0.338 e. The SMILES string of the molecule is CCCCOC(=O)C1=C(C)Nc2nnnn2C1c1cccc(OCc2ccc(C)cc2)c1. The molecule has 8 heteroatoms. The predicted octanol–water partition coefficient (Wildman–Crippen LogP) is 4.19. The Kier molecular flexibility index (Phi) is 6.49. The van der Waals surface area contributed by atoms with Crippen LogP contribution < -0.4 is 10.1 Å². The van der Waals surface area contributed by atoms with E-state index in [0.29, 0.717) is 36.2 Å². The minimum absolute atomic E-state index is 0.374. The van der Waals surface area contributed by atoms with Crippen LogP contribution in [0.4, 0.5) is 5.95 Å². The molecule has 0 spiro atoms. The fourth-order valence-electron chi connectivity index (χ4n) is 3.60. The van der Waals surface area contributed by atoms with E-state index in [-0.39, 0.29) is 5.97 Å². The van der Waals surface area contributed by atoms with E-state index in [1.54, 1.807) is 4.68 Å². The van der Waals surface area contributed by atoms with Crippen molar-refractivity contribution < 1.29 is 14.3 Å². The Morgan fingerprint density at radius 1 is 1.16 bits per heavy atom. The number of esters is 1. The minimum Gasteiger partial charge on any atom is -0.489 e. The highest BCUT2D eigenvalue weighted by molar-refractivity contribution is 5.92. The van der Waals surface area contributed by atoms with Crippen LogP contribution in [0, 0.1) is 6.92 Å². The molecule has 3 aromatic rings. The lowest BCUT2D eigenvalue weighted by molar-refractivity contribution is -0.139. The quantitative estimate of drug-likeness (QED) is 0.421. The number of carbonyl (C=O) groups excluding carboxylic acids is 1. The Labute approximate surface area is 187 Å². The molecule has 166 valence electrons. The van der Waals surface area contributed by atoms with Crippen LogP contribution in [0.25, 0.3) is 0 Å². The van der Waals surface area contributed by atoms with Crippen molar-refractivity contribution in [2.45, 2.75) is 46.3 Å². The second kappa shape index (κ2) is 9.64. The topological polar surface area (TPSA) is 91.2 Å². The van der Waals surface area contributed by atoms with Gasteiger partial charge >= 0.3 is 5.97 Å². The molecule has 1 aliphatic heterocycles. The van der Waals surface area contributed by atoms with Crippen LogP contribution in [-0.4, -0.2) is 32.8 Å². The molecule has 1 unspecified atom stereocenters. The number of unbranched alkanes of at least 4 members (excludes halogenated alkanes) is 1. The molecule has 1 N–H and O–H groups in total. The molecule has 0 aliphatic carbocycles. The standard InChI is InChI=1S/C24H27N5O3/c1-4-5-13-31-23(30)21-17(3)25-24-26-27-28-29(24)22(21)19-7-6-8-20(14-19)32-15-18-11-9-16(2)10-12-18/h6-12,14,22H,4-5,13,15H2,1-3H3,(H,25,26,28). The number of allylic oxidation sites excluding steroid dienone is 1. The van der Waals surface area contributed by atoms with Crippen molar-refractivity contribution in [3.8, 4) is 5.75 Å². The van der Waals surface area contributed by atoms with Gasteiger partial charge in [-0.15, -0.1) is 0 Å². The van der Waals surface area contributed by atoms with Crippen molar-refractivity contribution in [2.24, 2.45) is 0 Å². The van der Waals surface area contributed by atoms with Gasteiger partial charge in [0.2, 0.25) is 5.95 Å². The molecule has 2 heterocycles. The van der Waals surface area contributed by atoms with Gasteiger partial charge < -0.3 is 14.8 Å². The fraction of sp³-hybridized carbons (Fsp3) is 0.333. The van der Waals surface area contributed by atoms with Crippen molar-refractivity contribution in [2.75, 3.05) is 11.9 Å². The number of hydrogen-bond donors (Lipinski definition) is 1. The Morgan fingerprint density at radius 3 is 2.75 bits per heavy atom. The summed E-state index contributed by atoms with van der Waals surface area (Å²) in [6.07, 6.45) is 1.76. The summed E-state index contributed by atoms with van der Waals surface area (Å²) in [6.45, 7) is 6.77. The minimum atomic E-state index is -0.515. The third kappa shape index (κ3) is 4.64. The van der Waals surface area contributed by atoms with E-state index in [0.717, 1.165) is 24.0 Å². The summed E-state index contributed by atoms with van der Waals surface area (Å²) in [5.41, 5.74) is 4.28. The lowest BCUT2D eigenvalue weighted by Gasteiger charge is -2.27. The third-order valence-corrected chi connectivity index (χ3v) is 5.37. The number of fused-ring (bicyclic) bond motifs is 1. The first kappa shape index (κ1) is 21.5. The number of ether oxygens (including phenoxy) is 2. The summed E-state index contributed by atoms with van der Waals surface area (Å²) in [5.74, 6) is 0.803. The molecule has 4 rings (SSSR count). The normalized spacial score (nSPS) is 15.2. The molecule has 0 amide bonds. The van der Waals surface area contributed by atoms with Crippen LogP contribution in [0.1, 0.15) is 49.4 Å². The Bertz CT molecular complexity index is 1120. The maximum Gasteiger partial charge on any atom is 0.338 e. The molecule has 1 aromatic heterocycles. The molecule has 8 nitrogen and oxygen atoms in total. The molecule has 1 aliphatic rings. The average Bonchev–Trinajstić information content (AvgIpc) is 3.26. The first-order chi connectivity index (χ1) is 15.6.